The maximum absolute atomic E-state index is 5.59. The summed E-state index contributed by atoms with van der Waals surface area (Å²) < 4.78 is 15.7. The van der Waals surface area contributed by atoms with Crippen LogP contribution in [0, 0.1) is 4.77 Å². The molecule has 1 fully saturated rings. The molecule has 3 rings (SSSR count). The van der Waals surface area contributed by atoms with Crippen LogP contribution in [0.4, 0.5) is 0 Å². The number of nitrogens with one attached hydrogen (secondary N) is 1. The second-order valence-electron chi connectivity index (χ2n) is 6.07. The average molecular weight is 349 g/mol. The molecule has 0 saturated carbocycles. The first-order valence-electron chi connectivity index (χ1n) is 8.36. The van der Waals surface area contributed by atoms with Crippen LogP contribution in [0.5, 0.6) is 11.5 Å². The van der Waals surface area contributed by atoms with Gasteiger partial charge in [0.1, 0.15) is 23.9 Å². The first-order chi connectivity index (χ1) is 11.7. The summed E-state index contributed by atoms with van der Waals surface area (Å²) in [5.74, 6) is 1.78. The fraction of sp³-hybridized carbons (Fsp3) is 0.529. The minimum atomic E-state index is 0.365. The molecule has 130 valence electrons. The van der Waals surface area contributed by atoms with E-state index in [1.807, 2.05) is 27.7 Å². The van der Waals surface area contributed by atoms with Gasteiger partial charge in [0.25, 0.3) is 0 Å². The SMILES string of the molecule is CCn1cnn(C[NH+]2CCC[C@@H]2c2cc(OC)ccc2OC)c1=S. The molecule has 0 radical (unpaired) electrons. The molecule has 0 amide bonds. The van der Waals surface area contributed by atoms with Crippen molar-refractivity contribution in [1.29, 1.82) is 0 Å². The predicted octanol–water partition coefficient (Wildman–Crippen LogP) is 1.83. The lowest BCUT2D eigenvalue weighted by Gasteiger charge is -2.23. The minimum absolute atomic E-state index is 0.365. The number of aryl methyl sites for hydroxylation is 1. The van der Waals surface area contributed by atoms with E-state index < -0.39 is 0 Å². The van der Waals surface area contributed by atoms with Crippen molar-refractivity contribution in [2.75, 3.05) is 20.8 Å². The molecule has 24 heavy (non-hydrogen) atoms. The van der Waals surface area contributed by atoms with Gasteiger partial charge in [-0.3, -0.25) is 0 Å². The molecular formula is C17H25N4O2S+. The number of aromatic nitrogens is 3. The van der Waals surface area contributed by atoms with Crippen molar-refractivity contribution in [3.05, 3.63) is 34.9 Å². The Kier molecular flexibility index (Phi) is 5.20. The molecule has 2 aromatic rings. The van der Waals surface area contributed by atoms with Crippen LogP contribution >= 0.6 is 12.2 Å². The van der Waals surface area contributed by atoms with E-state index in [-0.39, 0.29) is 0 Å². The molecule has 1 saturated heterocycles. The van der Waals surface area contributed by atoms with Crippen molar-refractivity contribution < 1.29 is 14.4 Å². The van der Waals surface area contributed by atoms with Crippen LogP contribution in [0.15, 0.2) is 24.5 Å². The largest absolute Gasteiger partial charge is 0.497 e. The number of quaternary nitrogens is 1. The Labute approximate surface area is 147 Å². The number of hydrogen-bond donors (Lipinski definition) is 1. The Balaban J connectivity index is 1.88. The number of likely N-dealkylation sites (tertiary alicyclic amines) is 1. The van der Waals surface area contributed by atoms with Gasteiger partial charge in [-0.1, -0.05) is 0 Å². The van der Waals surface area contributed by atoms with Crippen molar-refractivity contribution in [1.82, 2.24) is 14.3 Å². The van der Waals surface area contributed by atoms with Gasteiger partial charge in [0.2, 0.25) is 4.77 Å². The molecule has 1 unspecified atom stereocenters. The molecule has 1 aliphatic heterocycles. The molecule has 1 aliphatic rings. The van der Waals surface area contributed by atoms with Gasteiger partial charge in [-0.2, -0.15) is 9.78 Å². The van der Waals surface area contributed by atoms with E-state index >= 15 is 0 Å². The minimum Gasteiger partial charge on any atom is -0.497 e. The number of methoxy groups -OCH3 is 2. The topological polar surface area (TPSA) is 45.7 Å². The molecule has 1 aromatic heterocycles. The smallest absolute Gasteiger partial charge is 0.202 e. The van der Waals surface area contributed by atoms with Gasteiger partial charge in [-0.05, 0) is 37.3 Å². The first-order valence-corrected chi connectivity index (χ1v) is 8.77. The highest BCUT2D eigenvalue weighted by Crippen LogP contribution is 2.31. The van der Waals surface area contributed by atoms with E-state index in [1.165, 1.54) is 16.9 Å². The lowest BCUT2D eigenvalue weighted by atomic mass is 10.0. The zero-order chi connectivity index (χ0) is 17.1. The molecular weight excluding hydrogens is 324 g/mol. The molecule has 2 heterocycles. The monoisotopic (exact) mass is 349 g/mol. The van der Waals surface area contributed by atoms with Gasteiger partial charge in [0.15, 0.2) is 6.67 Å². The Morgan fingerprint density at radius 1 is 1.33 bits per heavy atom. The van der Waals surface area contributed by atoms with Gasteiger partial charge in [0.05, 0.1) is 26.3 Å². The number of nitrogens with zero attached hydrogens (tertiary/aromatic N) is 3. The van der Waals surface area contributed by atoms with Crippen LogP contribution in [-0.2, 0) is 13.2 Å². The fourth-order valence-corrected chi connectivity index (χ4v) is 3.77. The maximum atomic E-state index is 5.59. The van der Waals surface area contributed by atoms with E-state index in [2.05, 4.69) is 18.1 Å². The Morgan fingerprint density at radius 3 is 2.83 bits per heavy atom. The Bertz CT molecular complexity index is 755. The van der Waals surface area contributed by atoms with Crippen LogP contribution in [0.2, 0.25) is 0 Å². The highest BCUT2D eigenvalue weighted by molar-refractivity contribution is 7.71. The Morgan fingerprint density at radius 2 is 2.17 bits per heavy atom. The molecule has 0 bridgehead atoms. The summed E-state index contributed by atoms with van der Waals surface area (Å²) in [5, 5.41) is 4.45. The van der Waals surface area contributed by atoms with Crippen LogP contribution < -0.4 is 14.4 Å². The number of ether oxygens (including phenoxy) is 2. The zero-order valence-corrected chi connectivity index (χ0v) is 15.3. The molecule has 7 heteroatoms. The molecule has 6 nitrogen and oxygen atoms in total. The summed E-state index contributed by atoms with van der Waals surface area (Å²) >= 11 is 5.51. The Hall–Kier alpha value is -1.86. The summed E-state index contributed by atoms with van der Waals surface area (Å²) in [6.45, 7) is 4.80. The van der Waals surface area contributed by atoms with Crippen molar-refractivity contribution in [2.24, 2.45) is 0 Å². The van der Waals surface area contributed by atoms with Crippen molar-refractivity contribution >= 4 is 12.2 Å². The summed E-state index contributed by atoms with van der Waals surface area (Å²) in [6, 6.07) is 6.39. The van der Waals surface area contributed by atoms with E-state index in [0.717, 1.165) is 42.4 Å². The van der Waals surface area contributed by atoms with E-state index in [0.29, 0.717) is 6.04 Å². The van der Waals surface area contributed by atoms with Gasteiger partial charge >= 0.3 is 0 Å². The van der Waals surface area contributed by atoms with E-state index in [4.69, 9.17) is 21.7 Å². The number of hydrogen-bond acceptors (Lipinski definition) is 4. The third-order valence-electron chi connectivity index (χ3n) is 4.79. The summed E-state index contributed by atoms with van der Waals surface area (Å²) in [6.07, 6.45) is 4.13. The second-order valence-corrected chi connectivity index (χ2v) is 6.43. The highest BCUT2D eigenvalue weighted by Gasteiger charge is 2.33. The lowest BCUT2D eigenvalue weighted by Crippen LogP contribution is -3.09. The molecule has 2 atom stereocenters. The highest BCUT2D eigenvalue weighted by atomic mass is 32.1. The lowest BCUT2D eigenvalue weighted by molar-refractivity contribution is -0.941. The van der Waals surface area contributed by atoms with Crippen molar-refractivity contribution in [3.8, 4) is 11.5 Å². The quantitative estimate of drug-likeness (QED) is 0.808. The van der Waals surface area contributed by atoms with Crippen LogP contribution in [0.25, 0.3) is 0 Å². The van der Waals surface area contributed by atoms with E-state index in [1.54, 1.807) is 14.2 Å². The first kappa shape index (κ1) is 17.0. The van der Waals surface area contributed by atoms with Crippen LogP contribution in [0.3, 0.4) is 0 Å². The second kappa shape index (κ2) is 7.36. The third kappa shape index (κ3) is 3.18. The van der Waals surface area contributed by atoms with Crippen LogP contribution in [-0.4, -0.2) is 35.1 Å². The van der Waals surface area contributed by atoms with Crippen LogP contribution in [0.1, 0.15) is 31.4 Å². The van der Waals surface area contributed by atoms with Gasteiger partial charge in [-0.25, -0.2) is 0 Å². The maximum Gasteiger partial charge on any atom is 0.202 e. The van der Waals surface area contributed by atoms with Crippen molar-refractivity contribution in [3.63, 3.8) is 0 Å². The van der Waals surface area contributed by atoms with Crippen molar-refractivity contribution in [2.45, 2.75) is 39.0 Å². The van der Waals surface area contributed by atoms with Gasteiger partial charge < -0.3 is 18.9 Å². The average Bonchev–Trinajstić information content (AvgIpc) is 3.21. The fourth-order valence-electron chi connectivity index (χ4n) is 3.48. The molecule has 1 aromatic carbocycles. The van der Waals surface area contributed by atoms with Gasteiger partial charge in [-0.15, -0.1) is 0 Å². The van der Waals surface area contributed by atoms with E-state index in [9.17, 15) is 0 Å². The summed E-state index contributed by atoms with van der Waals surface area (Å²) in [5.41, 5.74) is 1.20. The zero-order valence-electron chi connectivity index (χ0n) is 14.5. The molecule has 1 N–H and O–H groups in total. The summed E-state index contributed by atoms with van der Waals surface area (Å²) in [7, 11) is 3.42. The molecule has 0 aliphatic carbocycles. The third-order valence-corrected chi connectivity index (χ3v) is 5.23. The number of rotatable bonds is 6. The summed E-state index contributed by atoms with van der Waals surface area (Å²) in [4.78, 5) is 1.46. The molecule has 0 spiro atoms. The predicted molar refractivity (Wildman–Crippen MR) is 94.1 cm³/mol. The normalized spacial score (nSPS) is 20.3. The number of benzene rings is 1. The van der Waals surface area contributed by atoms with Gasteiger partial charge in [0, 0.05) is 19.4 Å². The standard InChI is InChI=1S/C17H24N4O2S/c1-4-19-11-18-21(17(19)24)12-20-9-5-6-15(20)14-10-13(22-2)7-8-16(14)23-3/h7-8,10-11,15H,4-6,9,12H2,1-3H3/p+1/t15-/m1/s1.